The molecule has 6 heteroatoms. The van der Waals surface area contributed by atoms with Crippen molar-refractivity contribution >= 4 is 19.4 Å². The zero-order valence-electron chi connectivity index (χ0n) is 25.8. The molecule has 2 aromatic carbocycles. The van der Waals surface area contributed by atoms with Crippen LogP contribution in [-0.2, 0) is 5.41 Å². The Balaban J connectivity index is 0.00000684. The van der Waals surface area contributed by atoms with Gasteiger partial charge in [0, 0.05) is 17.7 Å². The van der Waals surface area contributed by atoms with Crippen LogP contribution in [0.15, 0.2) is 24.3 Å². The van der Waals surface area contributed by atoms with E-state index in [1.54, 1.807) is 0 Å². The van der Waals surface area contributed by atoms with Gasteiger partial charge in [0.25, 0.3) is 0 Å². The molecular formula is C31H48LiO4P. The van der Waals surface area contributed by atoms with Crippen LogP contribution in [0.5, 0.6) is 17.2 Å². The van der Waals surface area contributed by atoms with E-state index in [1.165, 1.54) is 5.56 Å². The molecule has 0 radical (unpaired) electrons. The molecule has 0 aliphatic carbocycles. The Kier molecular flexibility index (Phi) is 15.0. The summed E-state index contributed by atoms with van der Waals surface area (Å²) in [5.74, 6) is 2.15. The van der Waals surface area contributed by atoms with Crippen molar-refractivity contribution in [2.24, 2.45) is 0 Å². The maximum atomic E-state index is 13.7. The van der Waals surface area contributed by atoms with Crippen LogP contribution < -0.4 is 38.4 Å². The molecule has 0 spiro atoms. The first-order valence-electron chi connectivity index (χ1n) is 13.6. The molecule has 202 valence electrons. The van der Waals surface area contributed by atoms with Gasteiger partial charge in [0.05, 0.1) is 25.1 Å². The van der Waals surface area contributed by atoms with Crippen LogP contribution in [0.25, 0.3) is 0 Å². The van der Waals surface area contributed by atoms with Gasteiger partial charge >= 0.3 is 18.9 Å². The van der Waals surface area contributed by atoms with Gasteiger partial charge in [0.15, 0.2) is 5.52 Å². The molecule has 2 rings (SSSR count). The SMILES string of the molecule is CCCCOc1cc(OCCCC)c(PC(=O)c2c(C)cc(C(C)(C)C)cc2C)c(OCCCC)c1.[H-].[Li+]. The van der Waals surface area contributed by atoms with Gasteiger partial charge < -0.3 is 15.6 Å². The van der Waals surface area contributed by atoms with Crippen LogP contribution in [0.4, 0.5) is 0 Å². The molecule has 0 heterocycles. The number of unbranched alkanes of at least 4 members (excludes halogenated alkanes) is 3. The summed E-state index contributed by atoms with van der Waals surface area (Å²) in [5.41, 5.74) is 4.26. The second-order valence-corrected chi connectivity index (χ2v) is 11.8. The molecule has 0 bridgehead atoms. The molecule has 1 atom stereocenters. The van der Waals surface area contributed by atoms with E-state index in [0.29, 0.717) is 31.3 Å². The Morgan fingerprint density at radius 1 is 0.784 bits per heavy atom. The van der Waals surface area contributed by atoms with Crippen LogP contribution in [0.1, 0.15) is 109 Å². The molecule has 2 aromatic rings. The fraction of sp³-hybridized carbons (Fsp3) is 0.581. The van der Waals surface area contributed by atoms with Gasteiger partial charge in [-0.25, -0.2) is 0 Å². The van der Waals surface area contributed by atoms with E-state index in [4.69, 9.17) is 14.2 Å². The molecule has 0 saturated carbocycles. The van der Waals surface area contributed by atoms with Crippen molar-refractivity contribution in [1.29, 1.82) is 0 Å². The normalized spacial score (nSPS) is 11.5. The minimum Gasteiger partial charge on any atom is -1.00 e. The van der Waals surface area contributed by atoms with Crippen molar-refractivity contribution in [3.63, 3.8) is 0 Å². The molecule has 0 saturated heterocycles. The summed E-state index contributed by atoms with van der Waals surface area (Å²) in [5, 5.41) is 0.841. The number of aryl methyl sites for hydroxylation is 2. The maximum absolute atomic E-state index is 13.7. The maximum Gasteiger partial charge on any atom is 1.00 e. The number of carbonyl (C=O) groups excluding carboxylic acids is 1. The van der Waals surface area contributed by atoms with Crippen molar-refractivity contribution < 1.29 is 39.3 Å². The quantitative estimate of drug-likeness (QED) is 0.179. The first-order chi connectivity index (χ1) is 17.1. The van der Waals surface area contributed by atoms with Crippen LogP contribution in [0, 0.1) is 13.8 Å². The molecule has 0 aliphatic rings. The van der Waals surface area contributed by atoms with Gasteiger partial charge in [-0.05, 0) is 63.8 Å². The van der Waals surface area contributed by atoms with E-state index >= 15 is 0 Å². The largest absolute Gasteiger partial charge is 1.00 e. The second kappa shape index (κ2) is 16.5. The fourth-order valence-corrected chi connectivity index (χ4v) is 5.20. The van der Waals surface area contributed by atoms with E-state index < -0.39 is 0 Å². The Bertz CT molecular complexity index is 950. The van der Waals surface area contributed by atoms with Gasteiger partial charge in [-0.1, -0.05) is 72.9 Å². The van der Waals surface area contributed by atoms with Crippen LogP contribution in [0.2, 0.25) is 0 Å². The third kappa shape index (κ3) is 10.3. The minimum absolute atomic E-state index is 0. The monoisotopic (exact) mass is 522 g/mol. The zero-order valence-corrected chi connectivity index (χ0v) is 25.8. The summed E-state index contributed by atoms with van der Waals surface area (Å²) >= 11 is 0. The smallest absolute Gasteiger partial charge is 1.00 e. The van der Waals surface area contributed by atoms with Gasteiger partial charge in [-0.2, -0.15) is 0 Å². The van der Waals surface area contributed by atoms with E-state index in [0.717, 1.165) is 66.3 Å². The van der Waals surface area contributed by atoms with E-state index in [-0.39, 0.29) is 39.8 Å². The van der Waals surface area contributed by atoms with Crippen molar-refractivity contribution in [2.45, 2.75) is 99.3 Å². The summed E-state index contributed by atoms with van der Waals surface area (Å²) in [7, 11) is -0.0923. The summed E-state index contributed by atoms with van der Waals surface area (Å²) in [6.07, 6.45) is 6.05. The molecule has 0 amide bonds. The Hall–Kier alpha value is -1.46. The van der Waals surface area contributed by atoms with E-state index in [1.807, 2.05) is 26.0 Å². The Labute approximate surface area is 241 Å². The number of rotatable bonds is 15. The predicted octanol–water partition coefficient (Wildman–Crippen LogP) is 5.40. The summed E-state index contributed by atoms with van der Waals surface area (Å²) in [6, 6.07) is 8.20. The first-order valence-corrected chi connectivity index (χ1v) is 14.6. The van der Waals surface area contributed by atoms with E-state index in [9.17, 15) is 4.79 Å². The van der Waals surface area contributed by atoms with Crippen LogP contribution in [0.3, 0.4) is 0 Å². The number of hydrogen-bond donors (Lipinski definition) is 0. The van der Waals surface area contributed by atoms with Crippen molar-refractivity contribution in [3.05, 3.63) is 46.5 Å². The van der Waals surface area contributed by atoms with Gasteiger partial charge in [0.1, 0.15) is 17.2 Å². The molecule has 37 heavy (non-hydrogen) atoms. The summed E-state index contributed by atoms with van der Waals surface area (Å²) < 4.78 is 18.5. The Morgan fingerprint density at radius 2 is 1.22 bits per heavy atom. The third-order valence-corrected chi connectivity index (χ3v) is 7.40. The first kappa shape index (κ1) is 33.6. The summed E-state index contributed by atoms with van der Waals surface area (Å²) in [6.45, 7) is 19.0. The molecule has 0 aromatic heterocycles. The average Bonchev–Trinajstić information content (AvgIpc) is 2.80. The molecule has 4 nitrogen and oxygen atoms in total. The van der Waals surface area contributed by atoms with Gasteiger partial charge in [0.2, 0.25) is 0 Å². The fourth-order valence-electron chi connectivity index (χ4n) is 3.92. The Morgan fingerprint density at radius 3 is 1.62 bits per heavy atom. The molecule has 1 unspecified atom stereocenters. The predicted molar refractivity (Wildman–Crippen MR) is 156 cm³/mol. The third-order valence-electron chi connectivity index (χ3n) is 6.18. The standard InChI is InChI=1S/C31H47O4P.Li.H/c1-9-12-15-33-25-20-26(34-16-13-10-2)29(27(21-25)35-17-14-11-3)36-30(32)28-22(4)18-24(19-23(28)5)31(6,7)8;;/h18-21,36H,9-17H2,1-8H3;;/q;+1;-1. The second-order valence-electron chi connectivity index (χ2n) is 10.6. The van der Waals surface area contributed by atoms with Gasteiger partial charge in [-0.15, -0.1) is 0 Å². The van der Waals surface area contributed by atoms with Crippen molar-refractivity contribution in [2.75, 3.05) is 19.8 Å². The molecule has 0 N–H and O–H groups in total. The number of hydrogen-bond acceptors (Lipinski definition) is 4. The van der Waals surface area contributed by atoms with E-state index in [2.05, 4.69) is 53.7 Å². The average molecular weight is 523 g/mol. The zero-order chi connectivity index (χ0) is 26.7. The number of carbonyl (C=O) groups is 1. The summed E-state index contributed by atoms with van der Waals surface area (Å²) in [4.78, 5) is 13.7. The number of ether oxygens (including phenoxy) is 3. The molecule has 0 fully saturated rings. The van der Waals surface area contributed by atoms with Crippen LogP contribution in [-0.4, -0.2) is 25.3 Å². The molecular weight excluding hydrogens is 474 g/mol. The van der Waals surface area contributed by atoms with Gasteiger partial charge in [-0.3, -0.25) is 4.79 Å². The minimum atomic E-state index is -0.0923. The number of benzene rings is 2. The molecule has 0 aliphatic heterocycles. The topological polar surface area (TPSA) is 44.8 Å². The van der Waals surface area contributed by atoms with Crippen molar-refractivity contribution in [3.8, 4) is 17.2 Å². The van der Waals surface area contributed by atoms with Crippen molar-refractivity contribution in [1.82, 2.24) is 0 Å². The van der Waals surface area contributed by atoms with Crippen LogP contribution >= 0.6 is 8.58 Å².